The molecule has 1 aromatic heterocycles. The Labute approximate surface area is 95.7 Å². The Morgan fingerprint density at radius 2 is 2.24 bits per heavy atom. The van der Waals surface area contributed by atoms with E-state index in [-0.39, 0.29) is 5.91 Å². The second-order valence-electron chi connectivity index (χ2n) is 3.69. The molecule has 0 unspecified atom stereocenters. The maximum absolute atomic E-state index is 11.7. The predicted octanol–water partition coefficient (Wildman–Crippen LogP) is 0.645. The number of nitrogens with two attached hydrogens (primary N) is 1. The normalized spacial score (nSPS) is 13.5. The van der Waals surface area contributed by atoms with Gasteiger partial charge in [-0.2, -0.15) is 5.10 Å². The first kappa shape index (κ1) is 9.59. The Bertz CT molecular complexity index is 684. The quantitative estimate of drug-likeness (QED) is 0.693. The van der Waals surface area contributed by atoms with E-state index in [0.717, 1.165) is 0 Å². The molecule has 0 aliphatic carbocycles. The Kier molecular flexibility index (Phi) is 1.79. The maximum atomic E-state index is 11.7. The summed E-state index contributed by atoms with van der Waals surface area (Å²) in [6, 6.07) is 4.53. The monoisotopic (exact) mass is 228 g/mol. The van der Waals surface area contributed by atoms with Crippen LogP contribution in [-0.4, -0.2) is 22.7 Å². The van der Waals surface area contributed by atoms with Crippen LogP contribution in [0.4, 0.5) is 4.79 Å². The molecule has 2 amide bonds. The first-order chi connectivity index (χ1) is 8.18. The summed E-state index contributed by atoms with van der Waals surface area (Å²) < 4.78 is 1.30. The van der Waals surface area contributed by atoms with Gasteiger partial charge in [-0.15, -0.1) is 0 Å². The van der Waals surface area contributed by atoms with Crippen LogP contribution in [-0.2, 0) is 0 Å². The van der Waals surface area contributed by atoms with E-state index >= 15 is 0 Å². The number of hydrazone groups is 1. The molecule has 6 nitrogen and oxygen atoms in total. The number of hydrogen-bond acceptors (Lipinski definition) is 3. The van der Waals surface area contributed by atoms with Crippen molar-refractivity contribution in [2.75, 3.05) is 0 Å². The number of nitrogens with zero attached hydrogens (tertiary/aromatic N) is 2. The third-order valence-corrected chi connectivity index (χ3v) is 2.71. The number of amides is 2. The van der Waals surface area contributed by atoms with Crippen molar-refractivity contribution < 1.29 is 9.59 Å². The number of nitrogens with one attached hydrogen (secondary N) is 1. The van der Waals surface area contributed by atoms with Gasteiger partial charge in [0.05, 0.1) is 17.3 Å². The SMILES string of the molecule is NC(=O)n1cc2c3c(cccc31)C(=O)NN=C2. The minimum atomic E-state index is -0.590. The van der Waals surface area contributed by atoms with Gasteiger partial charge in [0.1, 0.15) is 0 Å². The minimum absolute atomic E-state index is 0.298. The number of hydrogen-bond donors (Lipinski definition) is 2. The number of carbonyl (C=O) groups is 2. The van der Waals surface area contributed by atoms with Gasteiger partial charge in [-0.3, -0.25) is 9.36 Å². The molecule has 3 N–H and O–H groups in total. The lowest BCUT2D eigenvalue weighted by Crippen LogP contribution is -2.19. The molecular weight excluding hydrogens is 220 g/mol. The topological polar surface area (TPSA) is 89.5 Å². The fourth-order valence-corrected chi connectivity index (χ4v) is 2.01. The van der Waals surface area contributed by atoms with E-state index < -0.39 is 6.03 Å². The summed E-state index contributed by atoms with van der Waals surface area (Å²) in [5.41, 5.74) is 9.44. The lowest BCUT2D eigenvalue weighted by Gasteiger charge is -2.02. The average molecular weight is 228 g/mol. The third kappa shape index (κ3) is 1.24. The van der Waals surface area contributed by atoms with Crippen LogP contribution in [0.25, 0.3) is 10.9 Å². The van der Waals surface area contributed by atoms with Crippen molar-refractivity contribution in [3.05, 3.63) is 35.5 Å². The third-order valence-electron chi connectivity index (χ3n) is 2.71. The van der Waals surface area contributed by atoms with Gasteiger partial charge in [0.25, 0.3) is 5.91 Å². The molecule has 0 spiro atoms. The van der Waals surface area contributed by atoms with Gasteiger partial charge in [-0.05, 0) is 12.1 Å². The van der Waals surface area contributed by atoms with E-state index in [4.69, 9.17) is 5.73 Å². The first-order valence-corrected chi connectivity index (χ1v) is 4.96. The van der Waals surface area contributed by atoms with E-state index in [9.17, 15) is 9.59 Å². The van der Waals surface area contributed by atoms with Gasteiger partial charge < -0.3 is 5.73 Å². The smallest absolute Gasteiger partial charge is 0.323 e. The van der Waals surface area contributed by atoms with Crippen LogP contribution in [0.5, 0.6) is 0 Å². The molecule has 0 atom stereocenters. The zero-order valence-corrected chi connectivity index (χ0v) is 8.68. The maximum Gasteiger partial charge on any atom is 0.323 e. The van der Waals surface area contributed by atoms with Crippen LogP contribution in [0.2, 0.25) is 0 Å². The molecule has 1 aliphatic heterocycles. The largest absolute Gasteiger partial charge is 0.351 e. The van der Waals surface area contributed by atoms with Crippen LogP contribution in [0, 0.1) is 0 Å². The van der Waals surface area contributed by atoms with E-state index in [1.54, 1.807) is 24.4 Å². The van der Waals surface area contributed by atoms with Crippen molar-refractivity contribution in [3.8, 4) is 0 Å². The highest BCUT2D eigenvalue weighted by molar-refractivity contribution is 6.15. The summed E-state index contributed by atoms with van der Waals surface area (Å²) in [5, 5.41) is 4.46. The van der Waals surface area contributed by atoms with Gasteiger partial charge in [0.2, 0.25) is 0 Å². The van der Waals surface area contributed by atoms with Crippen molar-refractivity contribution in [2.24, 2.45) is 10.8 Å². The fraction of sp³-hybridized carbons (Fsp3) is 0. The highest BCUT2D eigenvalue weighted by Crippen LogP contribution is 2.25. The van der Waals surface area contributed by atoms with Crippen LogP contribution in [0.3, 0.4) is 0 Å². The molecule has 0 fully saturated rings. The van der Waals surface area contributed by atoms with Crippen LogP contribution in [0.1, 0.15) is 15.9 Å². The summed E-state index contributed by atoms with van der Waals surface area (Å²) >= 11 is 0. The van der Waals surface area contributed by atoms with Crippen LogP contribution < -0.4 is 11.2 Å². The number of carbonyl (C=O) groups excluding carboxylic acids is 2. The molecule has 17 heavy (non-hydrogen) atoms. The molecule has 0 radical (unpaired) electrons. The van der Waals surface area contributed by atoms with Gasteiger partial charge in [0.15, 0.2) is 0 Å². The van der Waals surface area contributed by atoms with E-state index in [1.165, 1.54) is 10.8 Å². The zero-order chi connectivity index (χ0) is 12.0. The molecule has 3 rings (SSSR count). The zero-order valence-electron chi connectivity index (χ0n) is 8.68. The molecule has 2 aromatic rings. The lowest BCUT2D eigenvalue weighted by atomic mass is 10.1. The Morgan fingerprint density at radius 1 is 1.41 bits per heavy atom. The van der Waals surface area contributed by atoms with Crippen molar-refractivity contribution in [3.63, 3.8) is 0 Å². The molecule has 0 bridgehead atoms. The first-order valence-electron chi connectivity index (χ1n) is 4.96. The number of rotatable bonds is 0. The lowest BCUT2D eigenvalue weighted by molar-refractivity contribution is 0.0957. The highest BCUT2D eigenvalue weighted by Gasteiger charge is 2.19. The van der Waals surface area contributed by atoms with Gasteiger partial charge in [0, 0.05) is 17.1 Å². The number of primary amides is 1. The summed E-state index contributed by atoms with van der Waals surface area (Å²) in [6.45, 7) is 0. The Hall–Kier alpha value is -2.63. The molecule has 84 valence electrons. The van der Waals surface area contributed by atoms with Crippen LogP contribution in [0.15, 0.2) is 29.5 Å². The number of benzene rings is 1. The van der Waals surface area contributed by atoms with E-state index in [2.05, 4.69) is 10.5 Å². The van der Waals surface area contributed by atoms with Gasteiger partial charge in [-0.25, -0.2) is 10.2 Å². The summed E-state index contributed by atoms with van der Waals surface area (Å²) in [4.78, 5) is 23.0. The van der Waals surface area contributed by atoms with Crippen molar-refractivity contribution in [1.29, 1.82) is 0 Å². The standard InChI is InChI=1S/C11H8N4O2/c12-11(17)15-5-6-4-13-14-10(16)7-2-1-3-8(15)9(6)7/h1-5H,(H2,12,17)(H,14,16). The van der Waals surface area contributed by atoms with Gasteiger partial charge >= 0.3 is 6.03 Å². The summed E-state index contributed by atoms with van der Waals surface area (Å²) in [5.74, 6) is -0.298. The average Bonchev–Trinajstić information content (AvgIpc) is 2.60. The van der Waals surface area contributed by atoms with Gasteiger partial charge in [-0.1, -0.05) is 6.07 Å². The molecular formula is C11H8N4O2. The molecule has 0 saturated heterocycles. The number of aromatic nitrogens is 1. The summed E-state index contributed by atoms with van der Waals surface area (Å²) in [6.07, 6.45) is 3.07. The van der Waals surface area contributed by atoms with Crippen molar-refractivity contribution in [1.82, 2.24) is 9.99 Å². The molecule has 6 heteroatoms. The Morgan fingerprint density at radius 3 is 3.00 bits per heavy atom. The molecule has 1 aromatic carbocycles. The molecule has 2 heterocycles. The second kappa shape index (κ2) is 3.18. The fourth-order valence-electron chi connectivity index (χ4n) is 2.01. The predicted molar refractivity (Wildman–Crippen MR) is 62.0 cm³/mol. The Balaban J connectivity index is 2.49. The molecule has 1 aliphatic rings. The summed E-state index contributed by atoms with van der Waals surface area (Å²) in [7, 11) is 0. The van der Waals surface area contributed by atoms with E-state index in [0.29, 0.717) is 22.0 Å². The van der Waals surface area contributed by atoms with Crippen molar-refractivity contribution in [2.45, 2.75) is 0 Å². The second-order valence-corrected chi connectivity index (χ2v) is 3.69. The van der Waals surface area contributed by atoms with Crippen LogP contribution >= 0.6 is 0 Å². The highest BCUT2D eigenvalue weighted by atomic mass is 16.2. The van der Waals surface area contributed by atoms with Crippen molar-refractivity contribution >= 4 is 29.1 Å². The van der Waals surface area contributed by atoms with E-state index in [1.807, 2.05) is 0 Å². The molecule has 0 saturated carbocycles. The minimum Gasteiger partial charge on any atom is -0.351 e.